The number of rotatable bonds is 3. The number of amides is 1. The van der Waals surface area contributed by atoms with Crippen molar-refractivity contribution in [2.45, 2.75) is 13.8 Å². The Balaban J connectivity index is 2.17. The molecule has 2 N–H and O–H groups in total. The van der Waals surface area contributed by atoms with Gasteiger partial charge in [0.05, 0.1) is 9.80 Å². The summed E-state index contributed by atoms with van der Waals surface area (Å²) in [6.45, 7) is 3.67. The first-order valence-electron chi connectivity index (χ1n) is 5.06. The normalized spacial score (nSPS) is 10.3. The number of thiophene rings is 1. The maximum absolute atomic E-state index is 11.8. The average Bonchev–Trinajstić information content (AvgIpc) is 2.91. The summed E-state index contributed by atoms with van der Waals surface area (Å²) in [6.07, 6.45) is 0. The van der Waals surface area contributed by atoms with Crippen LogP contribution in [0.1, 0.15) is 20.9 Å². The van der Waals surface area contributed by atoms with Gasteiger partial charge in [0.25, 0.3) is 5.91 Å². The number of carbonyl (C=O) groups excluding carboxylic acids is 1. The van der Waals surface area contributed by atoms with Crippen molar-refractivity contribution in [1.82, 2.24) is 10.2 Å². The van der Waals surface area contributed by atoms with Crippen LogP contribution < -0.4 is 5.32 Å². The van der Waals surface area contributed by atoms with Gasteiger partial charge >= 0.3 is 5.00 Å². The summed E-state index contributed by atoms with van der Waals surface area (Å²) in [5, 5.41) is 19.7. The van der Waals surface area contributed by atoms with E-state index in [0.29, 0.717) is 5.82 Å². The zero-order valence-corrected chi connectivity index (χ0v) is 10.5. The van der Waals surface area contributed by atoms with E-state index in [4.69, 9.17) is 0 Å². The maximum Gasteiger partial charge on any atom is 0.324 e. The molecule has 1 amide bonds. The Morgan fingerprint density at radius 2 is 2.22 bits per heavy atom. The van der Waals surface area contributed by atoms with E-state index in [2.05, 4.69) is 15.5 Å². The number of carbonyl (C=O) groups is 1. The van der Waals surface area contributed by atoms with Crippen LogP contribution in [0.3, 0.4) is 0 Å². The van der Waals surface area contributed by atoms with Crippen LogP contribution in [-0.2, 0) is 0 Å². The number of aromatic nitrogens is 2. The number of nitrogens with zero attached hydrogens (tertiary/aromatic N) is 2. The first kappa shape index (κ1) is 12.2. The molecule has 0 atom stereocenters. The third-order valence-electron chi connectivity index (χ3n) is 2.48. The minimum Gasteiger partial charge on any atom is -0.304 e. The van der Waals surface area contributed by atoms with Crippen molar-refractivity contribution in [3.05, 3.63) is 38.4 Å². The van der Waals surface area contributed by atoms with E-state index in [0.717, 1.165) is 22.6 Å². The molecular formula is C10H10N4O3S. The van der Waals surface area contributed by atoms with E-state index in [1.807, 2.05) is 13.8 Å². The van der Waals surface area contributed by atoms with E-state index in [9.17, 15) is 14.9 Å². The number of H-pyrrole nitrogens is 1. The number of nitro groups is 1. The Bertz CT molecular complexity index is 616. The van der Waals surface area contributed by atoms with Crippen LogP contribution in [0.2, 0.25) is 0 Å². The fourth-order valence-electron chi connectivity index (χ4n) is 1.32. The molecule has 7 nitrogen and oxygen atoms in total. The second kappa shape index (κ2) is 4.57. The third-order valence-corrected chi connectivity index (χ3v) is 3.52. The molecule has 0 aliphatic carbocycles. The van der Waals surface area contributed by atoms with E-state index in [-0.39, 0.29) is 9.88 Å². The molecule has 0 spiro atoms. The predicted octanol–water partition coefficient (Wildman–Crippen LogP) is 2.25. The van der Waals surface area contributed by atoms with Gasteiger partial charge in [-0.1, -0.05) is 11.3 Å². The van der Waals surface area contributed by atoms with Gasteiger partial charge in [0.2, 0.25) is 0 Å². The van der Waals surface area contributed by atoms with Crippen molar-refractivity contribution in [3.63, 3.8) is 0 Å². The summed E-state index contributed by atoms with van der Waals surface area (Å²) in [5.41, 5.74) is 1.71. The summed E-state index contributed by atoms with van der Waals surface area (Å²) < 4.78 is 0. The van der Waals surface area contributed by atoms with Gasteiger partial charge in [-0.2, -0.15) is 5.10 Å². The molecule has 0 aliphatic rings. The second-order valence-electron chi connectivity index (χ2n) is 3.67. The lowest BCUT2D eigenvalue weighted by molar-refractivity contribution is -0.380. The number of hydrogen-bond acceptors (Lipinski definition) is 5. The van der Waals surface area contributed by atoms with E-state index >= 15 is 0 Å². The van der Waals surface area contributed by atoms with Crippen molar-refractivity contribution in [1.29, 1.82) is 0 Å². The lowest BCUT2D eigenvalue weighted by Crippen LogP contribution is -2.11. The third kappa shape index (κ3) is 2.23. The molecule has 8 heteroatoms. The van der Waals surface area contributed by atoms with Gasteiger partial charge < -0.3 is 5.32 Å². The molecule has 0 bridgehead atoms. The largest absolute Gasteiger partial charge is 0.324 e. The molecule has 2 aromatic rings. The number of hydrogen-bond donors (Lipinski definition) is 2. The molecule has 2 rings (SSSR count). The lowest BCUT2D eigenvalue weighted by Gasteiger charge is -1.99. The minimum atomic E-state index is -0.522. The summed E-state index contributed by atoms with van der Waals surface area (Å²) in [7, 11) is 0. The first-order chi connectivity index (χ1) is 8.49. The van der Waals surface area contributed by atoms with Crippen LogP contribution in [0.25, 0.3) is 0 Å². The van der Waals surface area contributed by atoms with Crippen molar-refractivity contribution in [3.8, 4) is 0 Å². The maximum atomic E-state index is 11.8. The molecule has 0 saturated heterocycles. The van der Waals surface area contributed by atoms with Crippen LogP contribution in [0.4, 0.5) is 10.8 Å². The molecule has 0 fully saturated rings. The molecule has 2 heterocycles. The smallest absolute Gasteiger partial charge is 0.304 e. The summed E-state index contributed by atoms with van der Waals surface area (Å²) in [4.78, 5) is 22.1. The van der Waals surface area contributed by atoms with Crippen molar-refractivity contribution < 1.29 is 9.72 Å². The Hall–Kier alpha value is -2.22. The van der Waals surface area contributed by atoms with Gasteiger partial charge in [-0.3, -0.25) is 20.0 Å². The highest BCUT2D eigenvalue weighted by Crippen LogP contribution is 2.25. The SMILES string of the molecule is Cc1[nH]nc(NC(=O)c2ccc([N+](=O)[O-])s2)c1C. The van der Waals surface area contributed by atoms with E-state index in [1.165, 1.54) is 12.1 Å². The highest BCUT2D eigenvalue weighted by atomic mass is 32.1. The first-order valence-corrected chi connectivity index (χ1v) is 5.88. The monoisotopic (exact) mass is 266 g/mol. The zero-order chi connectivity index (χ0) is 13.3. The molecule has 0 unspecified atom stereocenters. The Labute approximate surface area is 106 Å². The van der Waals surface area contributed by atoms with Crippen LogP contribution >= 0.6 is 11.3 Å². The Morgan fingerprint density at radius 1 is 1.50 bits per heavy atom. The summed E-state index contributed by atoms with van der Waals surface area (Å²) in [5.74, 6) is 0.0382. The highest BCUT2D eigenvalue weighted by Gasteiger charge is 2.17. The van der Waals surface area contributed by atoms with Crippen molar-refractivity contribution in [2.24, 2.45) is 0 Å². The minimum absolute atomic E-state index is 0.0601. The Kier molecular flexibility index (Phi) is 3.11. The summed E-state index contributed by atoms with van der Waals surface area (Å²) in [6, 6.07) is 2.73. The fourth-order valence-corrected chi connectivity index (χ4v) is 2.04. The molecule has 2 aromatic heterocycles. The standard InChI is InChI=1S/C10H10N4O3S/c1-5-6(2)12-13-9(5)11-10(15)7-3-4-8(18-7)14(16)17/h3-4H,1-2H3,(H2,11,12,13,15). The second-order valence-corrected chi connectivity index (χ2v) is 4.73. The molecule has 0 aromatic carbocycles. The fraction of sp³-hybridized carbons (Fsp3) is 0.200. The van der Waals surface area contributed by atoms with Crippen LogP contribution in [0, 0.1) is 24.0 Å². The topological polar surface area (TPSA) is 101 Å². The van der Waals surface area contributed by atoms with Gasteiger partial charge in [0.1, 0.15) is 0 Å². The van der Waals surface area contributed by atoms with Gasteiger partial charge in [-0.25, -0.2) is 0 Å². The highest BCUT2D eigenvalue weighted by molar-refractivity contribution is 7.17. The van der Waals surface area contributed by atoms with E-state index < -0.39 is 10.8 Å². The number of anilines is 1. The van der Waals surface area contributed by atoms with Crippen molar-refractivity contribution >= 4 is 28.1 Å². The van der Waals surface area contributed by atoms with Gasteiger partial charge in [0.15, 0.2) is 5.82 Å². The molecular weight excluding hydrogens is 256 g/mol. The van der Waals surface area contributed by atoms with Crippen LogP contribution in [0.15, 0.2) is 12.1 Å². The zero-order valence-electron chi connectivity index (χ0n) is 9.68. The molecule has 0 saturated carbocycles. The Morgan fingerprint density at radius 3 is 2.72 bits per heavy atom. The number of aromatic amines is 1. The average molecular weight is 266 g/mol. The van der Waals surface area contributed by atoms with Gasteiger partial charge in [0, 0.05) is 17.3 Å². The van der Waals surface area contributed by atoms with E-state index in [1.54, 1.807) is 0 Å². The lowest BCUT2D eigenvalue weighted by atomic mass is 10.3. The van der Waals surface area contributed by atoms with Gasteiger partial charge in [-0.15, -0.1) is 0 Å². The summed E-state index contributed by atoms with van der Waals surface area (Å²) >= 11 is 0.832. The predicted molar refractivity (Wildman–Crippen MR) is 67.0 cm³/mol. The molecule has 18 heavy (non-hydrogen) atoms. The molecule has 0 aliphatic heterocycles. The number of aryl methyl sites for hydroxylation is 1. The van der Waals surface area contributed by atoms with Crippen LogP contribution in [-0.4, -0.2) is 21.0 Å². The van der Waals surface area contributed by atoms with Crippen molar-refractivity contribution in [2.75, 3.05) is 5.32 Å². The quantitative estimate of drug-likeness (QED) is 0.657. The number of nitrogens with one attached hydrogen (secondary N) is 2. The van der Waals surface area contributed by atoms with Crippen LogP contribution in [0.5, 0.6) is 0 Å². The molecule has 0 radical (unpaired) electrons. The molecule has 94 valence electrons. The van der Waals surface area contributed by atoms with Gasteiger partial charge in [-0.05, 0) is 19.9 Å².